The van der Waals surface area contributed by atoms with Crippen molar-refractivity contribution in [3.63, 3.8) is 0 Å². The number of nitrogens with two attached hydrogens (primary N) is 3. The molecule has 0 fully saturated rings. The van der Waals surface area contributed by atoms with Crippen LogP contribution in [0.1, 0.15) is 92.1 Å². The van der Waals surface area contributed by atoms with Gasteiger partial charge >= 0.3 is 0 Å². The smallest absolute Gasteiger partial charge is 0.243 e. The summed E-state index contributed by atoms with van der Waals surface area (Å²) in [5.74, 6) is -12.4. The van der Waals surface area contributed by atoms with Crippen molar-refractivity contribution in [1.29, 1.82) is 0 Å². The molecule has 10 atom stereocenters. The number of benzene rings is 1. The van der Waals surface area contributed by atoms with Crippen LogP contribution in [0.5, 0.6) is 0 Å². The Morgan fingerprint density at radius 3 is 1.60 bits per heavy atom. The van der Waals surface area contributed by atoms with Crippen molar-refractivity contribution < 1.29 is 67.7 Å². The molecule has 12 amide bonds. The largest absolute Gasteiger partial charge is 0.395 e. The molecule has 0 aliphatic heterocycles. The van der Waals surface area contributed by atoms with Gasteiger partial charge in [0, 0.05) is 11.3 Å². The highest BCUT2D eigenvalue weighted by Gasteiger charge is 2.35. The minimum Gasteiger partial charge on any atom is -0.395 e. The third kappa shape index (κ3) is 24.1. The number of primary amides is 3. The second-order valence-electron chi connectivity index (χ2n) is 18.0. The zero-order valence-corrected chi connectivity index (χ0v) is 42.9. The van der Waals surface area contributed by atoms with Crippen molar-refractivity contribution in [2.45, 2.75) is 147 Å². The van der Waals surface area contributed by atoms with Crippen LogP contribution >= 0.6 is 0 Å². The number of hydrogen-bond acceptors (Lipinski definition) is 15. The van der Waals surface area contributed by atoms with E-state index >= 15 is 0 Å². The van der Waals surface area contributed by atoms with E-state index in [1.807, 2.05) is 6.92 Å². The van der Waals surface area contributed by atoms with Gasteiger partial charge < -0.3 is 75.3 Å². The van der Waals surface area contributed by atoms with Gasteiger partial charge in [0.2, 0.25) is 70.9 Å². The fourth-order valence-electron chi connectivity index (χ4n) is 6.95. The molecule has 0 heterocycles. The minimum atomic E-state index is -1.83. The monoisotopic (exact) mass is 1060 g/mol. The molecular weight excluding hydrogens is 987 g/mol. The minimum absolute atomic E-state index is 0.106. The van der Waals surface area contributed by atoms with Crippen LogP contribution in [0.3, 0.4) is 0 Å². The average Bonchev–Trinajstić information content (AvgIpc) is 3.35. The SMILES string of the molecule is CCCC[C@H](NC(=O)[C@H](CC(C)C)NC(=O)[C@@H](NC(=O)[C@H](C)NC(=O)CNC(=O)[C@H](Cc1ccccc1)NC(=O)[C@H](CC(N)=O)NC(=O)[C@H](CC(N)=O)NC(=O)[C@H](CO)N=[N+]=[N-])[C@@H](C)CC)C(=O)N[C@@H](CO)C(N)=O. The van der Waals surface area contributed by atoms with Gasteiger partial charge in [-0.25, -0.2) is 0 Å². The van der Waals surface area contributed by atoms with Crippen LogP contribution in [0.2, 0.25) is 0 Å². The molecule has 0 aliphatic carbocycles. The topological polar surface area (TPSA) is 480 Å². The highest BCUT2D eigenvalue weighted by Crippen LogP contribution is 2.13. The number of aliphatic hydroxyl groups excluding tert-OH is 2. The Hall–Kier alpha value is -7.91. The fraction of sp³-hybridized carbons (Fsp3) is 0.609. The summed E-state index contributed by atoms with van der Waals surface area (Å²) in [6, 6.07) is -5.06. The summed E-state index contributed by atoms with van der Waals surface area (Å²) < 4.78 is 0. The molecule has 0 radical (unpaired) electrons. The number of unbranched alkanes of at least 4 members (excludes halogenated alkanes) is 1. The van der Waals surface area contributed by atoms with Gasteiger partial charge in [0.1, 0.15) is 54.4 Å². The summed E-state index contributed by atoms with van der Waals surface area (Å²) in [6.45, 7) is 7.64. The van der Waals surface area contributed by atoms with Gasteiger partial charge in [-0.05, 0) is 42.7 Å². The van der Waals surface area contributed by atoms with E-state index in [0.29, 0.717) is 24.8 Å². The summed E-state index contributed by atoms with van der Waals surface area (Å²) in [5, 5.41) is 43.6. The Bertz CT molecular complexity index is 2210. The molecule has 29 heteroatoms. The van der Waals surface area contributed by atoms with Gasteiger partial charge in [0.05, 0.1) is 32.6 Å². The van der Waals surface area contributed by atoms with Gasteiger partial charge in [-0.3, -0.25) is 57.5 Å². The standard InChI is InChI=1S/C46H73N15O14/c1-7-9-15-27(41(70)58-32(21-62)38(49)67)53-42(71)28(16-23(3)4)57-46(75)37(24(5)8-2)59-39(68)25(6)52-36(66)20-51-40(69)29(17-26-13-11-10-12-14-26)54-43(72)30(18-34(47)64)55-44(73)31(19-35(48)65)56-45(74)33(22-63)60-61-50/h10-14,23-25,27-33,37,62-63H,7-9,15-22H2,1-6H3,(H2,47,64)(H2,48,65)(H2,49,67)(H,51,69)(H,52,66)(H,53,71)(H,54,72)(H,55,73)(H,56,74)(H,57,75)(H,58,70)(H,59,68)/t24-,25-,27-,28-,29-,30-,31-,32-,33-,37-/m0/s1. The maximum absolute atomic E-state index is 13.9. The molecular formula is C46H73N15O14. The summed E-state index contributed by atoms with van der Waals surface area (Å²) in [4.78, 5) is 159. The van der Waals surface area contributed by atoms with Gasteiger partial charge in [-0.15, -0.1) is 0 Å². The number of amides is 12. The number of hydrogen-bond donors (Lipinski definition) is 14. The maximum Gasteiger partial charge on any atom is 0.243 e. The molecule has 0 unspecified atom stereocenters. The summed E-state index contributed by atoms with van der Waals surface area (Å²) in [6.07, 6.45) is -0.171. The van der Waals surface area contributed by atoms with E-state index < -0.39 is 164 Å². The molecule has 0 saturated heterocycles. The zero-order chi connectivity index (χ0) is 56.9. The number of azide groups is 1. The fourth-order valence-corrected chi connectivity index (χ4v) is 6.95. The first-order chi connectivity index (χ1) is 35.3. The van der Waals surface area contributed by atoms with Crippen LogP contribution in [-0.2, 0) is 64.0 Å². The molecule has 1 rings (SSSR count). The van der Waals surface area contributed by atoms with Crippen LogP contribution in [0.25, 0.3) is 10.4 Å². The normalized spacial score (nSPS) is 14.8. The highest BCUT2D eigenvalue weighted by atomic mass is 16.3. The van der Waals surface area contributed by atoms with Crippen LogP contribution in [-0.4, -0.2) is 155 Å². The first-order valence-corrected chi connectivity index (χ1v) is 24.2. The Balaban J connectivity index is 3.25. The zero-order valence-electron chi connectivity index (χ0n) is 42.9. The first-order valence-electron chi connectivity index (χ1n) is 24.2. The quantitative estimate of drug-likeness (QED) is 0.0173. The number of aliphatic hydroxyl groups is 2. The molecule has 0 spiro atoms. The lowest BCUT2D eigenvalue weighted by atomic mass is 9.96. The van der Waals surface area contributed by atoms with Gasteiger partial charge in [0.15, 0.2) is 0 Å². The molecule has 1 aromatic rings. The van der Waals surface area contributed by atoms with Crippen molar-refractivity contribution >= 4 is 70.9 Å². The predicted octanol–water partition coefficient (Wildman–Crippen LogP) is -4.57. The molecule has 17 N–H and O–H groups in total. The van der Waals surface area contributed by atoms with Crippen molar-refractivity contribution in [2.24, 2.45) is 34.2 Å². The Morgan fingerprint density at radius 2 is 1.11 bits per heavy atom. The Labute approximate surface area is 433 Å². The van der Waals surface area contributed by atoms with E-state index in [-0.39, 0.29) is 25.2 Å². The third-order valence-electron chi connectivity index (χ3n) is 11.3. The number of nitrogens with zero attached hydrogens (tertiary/aromatic N) is 3. The van der Waals surface area contributed by atoms with Gasteiger partial charge in [0.25, 0.3) is 0 Å². The molecule has 0 bridgehead atoms. The lowest BCUT2D eigenvalue weighted by Gasteiger charge is -2.29. The predicted molar refractivity (Wildman–Crippen MR) is 267 cm³/mol. The molecule has 0 aliphatic rings. The molecule has 0 saturated carbocycles. The molecule has 1 aromatic carbocycles. The summed E-state index contributed by atoms with van der Waals surface area (Å²) >= 11 is 0. The average molecular weight is 1060 g/mol. The van der Waals surface area contributed by atoms with E-state index in [2.05, 4.69) is 57.9 Å². The van der Waals surface area contributed by atoms with Crippen molar-refractivity contribution in [3.05, 3.63) is 46.3 Å². The van der Waals surface area contributed by atoms with Crippen LogP contribution in [0.15, 0.2) is 35.4 Å². The molecule has 0 aromatic heterocycles. The number of rotatable bonds is 35. The van der Waals surface area contributed by atoms with Gasteiger partial charge in [-0.2, -0.15) is 0 Å². The third-order valence-corrected chi connectivity index (χ3v) is 11.3. The van der Waals surface area contributed by atoms with E-state index in [9.17, 15) is 67.7 Å². The lowest BCUT2D eigenvalue weighted by molar-refractivity contribution is -0.136. The van der Waals surface area contributed by atoms with E-state index in [1.54, 1.807) is 58.0 Å². The van der Waals surface area contributed by atoms with Crippen LogP contribution < -0.4 is 65.1 Å². The maximum atomic E-state index is 13.9. The molecule has 75 heavy (non-hydrogen) atoms. The number of nitrogens with one attached hydrogen (secondary N) is 9. The van der Waals surface area contributed by atoms with Gasteiger partial charge in [-0.1, -0.05) is 89.3 Å². The summed E-state index contributed by atoms with van der Waals surface area (Å²) in [5.41, 5.74) is 25.0. The van der Waals surface area contributed by atoms with Crippen LogP contribution in [0, 0.1) is 11.8 Å². The number of carbonyl (C=O) groups is 12. The lowest BCUT2D eigenvalue weighted by Crippen LogP contribution is -2.60. The second-order valence-corrected chi connectivity index (χ2v) is 18.0. The highest BCUT2D eigenvalue weighted by molar-refractivity contribution is 5.99. The Morgan fingerprint density at radius 1 is 0.600 bits per heavy atom. The van der Waals surface area contributed by atoms with Crippen molar-refractivity contribution in [1.82, 2.24) is 47.9 Å². The summed E-state index contributed by atoms with van der Waals surface area (Å²) in [7, 11) is 0. The molecule has 416 valence electrons. The van der Waals surface area contributed by atoms with Crippen molar-refractivity contribution in [3.8, 4) is 0 Å². The Kier molecular flexibility index (Phi) is 29.3. The van der Waals surface area contributed by atoms with Crippen molar-refractivity contribution in [2.75, 3.05) is 19.8 Å². The molecule has 29 nitrogen and oxygen atoms in total. The second kappa shape index (κ2) is 33.7. The van der Waals surface area contributed by atoms with E-state index in [1.165, 1.54) is 6.92 Å². The van der Waals surface area contributed by atoms with E-state index in [0.717, 1.165) is 0 Å². The van der Waals surface area contributed by atoms with Crippen LogP contribution in [0.4, 0.5) is 0 Å². The van der Waals surface area contributed by atoms with E-state index in [4.69, 9.17) is 22.7 Å². The number of carbonyl (C=O) groups excluding carboxylic acids is 12. The first kappa shape index (κ1) is 65.1.